The van der Waals surface area contributed by atoms with E-state index in [1.54, 1.807) is 18.2 Å². The fraction of sp³-hybridized carbons (Fsp3) is 0.154. The average molecular weight is 296 g/mol. The van der Waals surface area contributed by atoms with Crippen molar-refractivity contribution in [2.24, 2.45) is 0 Å². The Hall–Kier alpha value is -1.72. The highest BCUT2D eigenvalue weighted by atomic mass is 35.5. The molecule has 0 fully saturated rings. The highest BCUT2D eigenvalue weighted by molar-refractivity contribution is 7.09. The zero-order valence-electron chi connectivity index (χ0n) is 9.84. The molecule has 0 saturated heterocycles. The molecule has 0 amide bonds. The lowest BCUT2D eigenvalue weighted by Crippen LogP contribution is -1.96. The fourth-order valence-electron chi connectivity index (χ4n) is 1.55. The molecule has 0 unspecified atom stereocenters. The number of hydrogen-bond donors (Lipinski definition) is 0. The van der Waals surface area contributed by atoms with Gasteiger partial charge in [-0.2, -0.15) is 0 Å². The molecular weight excluding hydrogens is 286 g/mol. The minimum Gasteiger partial charge on any atom is -0.467 e. The standard InChI is InChI=1S/C13H10ClNO3S/c14-13(17)10-3-1-2-9(6-10)11-7-19-12(15-11)4-5-18-8-16/h1-3,6-8H,4-5H2. The molecule has 98 valence electrons. The molecule has 1 aromatic carbocycles. The van der Waals surface area contributed by atoms with Gasteiger partial charge in [0, 0.05) is 22.9 Å². The van der Waals surface area contributed by atoms with Gasteiger partial charge in [0.15, 0.2) is 0 Å². The van der Waals surface area contributed by atoms with Gasteiger partial charge in [0.1, 0.15) is 0 Å². The minimum absolute atomic E-state index is 0.316. The normalized spacial score (nSPS) is 10.2. The lowest BCUT2D eigenvalue weighted by molar-refractivity contribution is -0.128. The smallest absolute Gasteiger partial charge is 0.293 e. The van der Waals surface area contributed by atoms with Crippen molar-refractivity contribution < 1.29 is 14.3 Å². The molecular formula is C13H10ClNO3S. The number of carbonyl (C=O) groups is 2. The van der Waals surface area contributed by atoms with Crippen LogP contribution in [0, 0.1) is 0 Å². The number of nitrogens with zero attached hydrogens (tertiary/aromatic N) is 1. The quantitative estimate of drug-likeness (QED) is 0.467. The van der Waals surface area contributed by atoms with Gasteiger partial charge < -0.3 is 4.74 Å². The Labute approximate surface area is 119 Å². The third-order valence-electron chi connectivity index (χ3n) is 2.44. The van der Waals surface area contributed by atoms with Crippen LogP contribution >= 0.6 is 22.9 Å². The molecule has 4 nitrogen and oxygen atoms in total. The molecule has 19 heavy (non-hydrogen) atoms. The van der Waals surface area contributed by atoms with Crippen LogP contribution in [0.3, 0.4) is 0 Å². The van der Waals surface area contributed by atoms with Gasteiger partial charge >= 0.3 is 0 Å². The van der Waals surface area contributed by atoms with E-state index in [1.807, 2.05) is 11.4 Å². The Morgan fingerprint density at radius 3 is 3.05 bits per heavy atom. The molecule has 0 atom stereocenters. The van der Waals surface area contributed by atoms with E-state index < -0.39 is 5.24 Å². The summed E-state index contributed by atoms with van der Waals surface area (Å²) in [5.41, 5.74) is 2.06. The van der Waals surface area contributed by atoms with Crippen LogP contribution in [0.1, 0.15) is 15.4 Å². The third kappa shape index (κ3) is 3.62. The molecule has 1 aromatic heterocycles. The lowest BCUT2D eigenvalue weighted by Gasteiger charge is -1.99. The Morgan fingerprint density at radius 2 is 2.32 bits per heavy atom. The molecule has 0 N–H and O–H groups in total. The van der Waals surface area contributed by atoms with Crippen molar-refractivity contribution in [1.82, 2.24) is 4.98 Å². The third-order valence-corrected chi connectivity index (χ3v) is 3.57. The first-order valence-electron chi connectivity index (χ1n) is 5.50. The first-order chi connectivity index (χ1) is 9.20. The zero-order valence-corrected chi connectivity index (χ0v) is 11.4. The fourth-order valence-corrected chi connectivity index (χ4v) is 2.46. The summed E-state index contributed by atoms with van der Waals surface area (Å²) in [5, 5.41) is 2.28. The van der Waals surface area contributed by atoms with Gasteiger partial charge in [-0.05, 0) is 17.7 Å². The summed E-state index contributed by atoms with van der Waals surface area (Å²) in [6, 6.07) is 6.99. The van der Waals surface area contributed by atoms with Crippen LogP contribution in [0.4, 0.5) is 0 Å². The Bertz CT molecular complexity index is 597. The molecule has 0 aliphatic carbocycles. The maximum Gasteiger partial charge on any atom is 0.293 e. The first-order valence-corrected chi connectivity index (χ1v) is 6.76. The summed E-state index contributed by atoms with van der Waals surface area (Å²) in [6.45, 7) is 0.737. The van der Waals surface area contributed by atoms with E-state index in [4.69, 9.17) is 11.6 Å². The monoisotopic (exact) mass is 295 g/mol. The van der Waals surface area contributed by atoms with Crippen molar-refractivity contribution >= 4 is 34.7 Å². The zero-order chi connectivity index (χ0) is 13.7. The molecule has 0 radical (unpaired) electrons. The van der Waals surface area contributed by atoms with Crippen LogP contribution in [0.2, 0.25) is 0 Å². The van der Waals surface area contributed by atoms with Crippen molar-refractivity contribution in [3.05, 3.63) is 40.2 Å². The number of halogens is 1. The summed E-state index contributed by atoms with van der Waals surface area (Å²) in [7, 11) is 0. The van der Waals surface area contributed by atoms with Crippen molar-refractivity contribution in [3.8, 4) is 11.3 Å². The van der Waals surface area contributed by atoms with Gasteiger partial charge in [-0.15, -0.1) is 11.3 Å². The van der Waals surface area contributed by atoms with Crippen LogP contribution < -0.4 is 0 Å². The highest BCUT2D eigenvalue weighted by Gasteiger charge is 2.07. The van der Waals surface area contributed by atoms with Gasteiger partial charge in [0.2, 0.25) is 0 Å². The van der Waals surface area contributed by atoms with Crippen molar-refractivity contribution in [3.63, 3.8) is 0 Å². The van der Waals surface area contributed by atoms with Crippen molar-refractivity contribution in [1.29, 1.82) is 0 Å². The van der Waals surface area contributed by atoms with E-state index in [-0.39, 0.29) is 0 Å². The van der Waals surface area contributed by atoms with E-state index in [1.165, 1.54) is 11.3 Å². The number of hydrogen-bond acceptors (Lipinski definition) is 5. The highest BCUT2D eigenvalue weighted by Crippen LogP contribution is 2.23. The molecule has 2 aromatic rings. The van der Waals surface area contributed by atoms with Crippen molar-refractivity contribution in [2.75, 3.05) is 6.61 Å². The van der Waals surface area contributed by atoms with E-state index in [0.29, 0.717) is 25.1 Å². The molecule has 0 bridgehead atoms. The number of benzene rings is 1. The molecule has 0 aliphatic heterocycles. The van der Waals surface area contributed by atoms with E-state index >= 15 is 0 Å². The maximum absolute atomic E-state index is 11.1. The van der Waals surface area contributed by atoms with Gasteiger partial charge in [0.25, 0.3) is 11.7 Å². The number of thiazole rings is 1. The SMILES string of the molecule is O=COCCc1nc(-c2cccc(C(=O)Cl)c2)cs1. The number of aromatic nitrogens is 1. The van der Waals surface area contributed by atoms with E-state index in [2.05, 4.69) is 9.72 Å². The first kappa shape index (κ1) is 13.7. The van der Waals surface area contributed by atoms with Crippen molar-refractivity contribution in [2.45, 2.75) is 6.42 Å². The number of carbonyl (C=O) groups excluding carboxylic acids is 2. The van der Waals surface area contributed by atoms with Crippen LogP contribution in [0.15, 0.2) is 29.6 Å². The van der Waals surface area contributed by atoms with E-state index in [9.17, 15) is 9.59 Å². The molecule has 6 heteroatoms. The maximum atomic E-state index is 11.1. The molecule has 0 spiro atoms. The van der Waals surface area contributed by atoms with Crippen LogP contribution in [-0.2, 0) is 16.0 Å². The van der Waals surface area contributed by atoms with Gasteiger partial charge in [-0.1, -0.05) is 18.2 Å². The molecule has 2 rings (SSSR count). The second-order valence-electron chi connectivity index (χ2n) is 3.70. The predicted molar refractivity (Wildman–Crippen MR) is 73.5 cm³/mol. The second kappa shape index (κ2) is 6.45. The van der Waals surface area contributed by atoms with Crippen LogP contribution in [-0.4, -0.2) is 23.3 Å². The minimum atomic E-state index is -0.489. The molecule has 0 aliphatic rings. The number of ether oxygens (including phenoxy) is 1. The second-order valence-corrected chi connectivity index (χ2v) is 4.98. The topological polar surface area (TPSA) is 56.3 Å². The molecule has 1 heterocycles. The summed E-state index contributed by atoms with van der Waals surface area (Å²) < 4.78 is 4.63. The number of rotatable bonds is 6. The van der Waals surface area contributed by atoms with Gasteiger partial charge in [0.05, 0.1) is 17.3 Å². The Balaban J connectivity index is 2.15. The van der Waals surface area contributed by atoms with Crippen LogP contribution in [0.5, 0.6) is 0 Å². The lowest BCUT2D eigenvalue weighted by atomic mass is 10.1. The largest absolute Gasteiger partial charge is 0.467 e. The van der Waals surface area contributed by atoms with Crippen LogP contribution in [0.25, 0.3) is 11.3 Å². The summed E-state index contributed by atoms with van der Waals surface area (Å²) in [5.74, 6) is 0. The summed E-state index contributed by atoms with van der Waals surface area (Å²) in [6.07, 6.45) is 0.581. The predicted octanol–water partition coefficient (Wildman–Crippen LogP) is 2.90. The summed E-state index contributed by atoms with van der Waals surface area (Å²) >= 11 is 6.93. The summed E-state index contributed by atoms with van der Waals surface area (Å²) in [4.78, 5) is 25.6. The van der Waals surface area contributed by atoms with Gasteiger partial charge in [-0.3, -0.25) is 9.59 Å². The van der Waals surface area contributed by atoms with Gasteiger partial charge in [-0.25, -0.2) is 4.98 Å². The Kier molecular flexibility index (Phi) is 4.65. The van der Waals surface area contributed by atoms with E-state index in [0.717, 1.165) is 16.3 Å². The molecule has 0 saturated carbocycles. The Morgan fingerprint density at radius 1 is 1.47 bits per heavy atom. The average Bonchev–Trinajstić information content (AvgIpc) is 2.88.